The zero-order valence-electron chi connectivity index (χ0n) is 21.4. The zero-order chi connectivity index (χ0) is 24.9. The second-order valence-electron chi connectivity index (χ2n) is 11.1. The van der Waals surface area contributed by atoms with Crippen LogP contribution in [-0.4, -0.2) is 33.0 Å². The van der Waals surface area contributed by atoms with Crippen molar-refractivity contribution in [3.05, 3.63) is 71.3 Å². The molecule has 4 atom stereocenters. The van der Waals surface area contributed by atoms with Gasteiger partial charge in [0.15, 0.2) is 0 Å². The van der Waals surface area contributed by atoms with Crippen molar-refractivity contribution in [1.29, 1.82) is 0 Å². The van der Waals surface area contributed by atoms with Gasteiger partial charge in [0.2, 0.25) is 0 Å². The summed E-state index contributed by atoms with van der Waals surface area (Å²) < 4.78 is 0. The van der Waals surface area contributed by atoms with Gasteiger partial charge in [-0.3, -0.25) is 0 Å². The van der Waals surface area contributed by atoms with Gasteiger partial charge in [0.05, 0.1) is 34.2 Å². The van der Waals surface area contributed by atoms with E-state index in [0.717, 1.165) is 87.5 Å². The highest BCUT2D eigenvalue weighted by molar-refractivity contribution is 6.04. The standard InChI is InChI=1S/C31H32N6/c1-18-3-10-26(32-16-18)30-34-24-11-7-21(15-27(24)36-30)5-4-20-6-9-23-22(14-20)8-12-25-29(23)37-31(35-25)28-13-19(2)17-33-28/h6-9,11-12,14-15,18-19,26,28,32-33H,3,10,13,16-17H2,1-2H3,(H,34,36)(H,35,37). The van der Waals surface area contributed by atoms with E-state index in [9.17, 15) is 0 Å². The van der Waals surface area contributed by atoms with Crippen LogP contribution in [-0.2, 0) is 0 Å². The normalized spacial score (nSPS) is 24.1. The van der Waals surface area contributed by atoms with E-state index in [1.165, 1.54) is 6.42 Å². The van der Waals surface area contributed by atoms with Crippen LogP contribution < -0.4 is 10.6 Å². The molecule has 5 aromatic rings. The largest absolute Gasteiger partial charge is 0.341 e. The molecule has 0 radical (unpaired) electrons. The summed E-state index contributed by atoms with van der Waals surface area (Å²) in [6, 6.07) is 17.6. The van der Waals surface area contributed by atoms with Crippen molar-refractivity contribution in [2.45, 2.75) is 45.2 Å². The van der Waals surface area contributed by atoms with Crippen molar-refractivity contribution in [3.63, 3.8) is 0 Å². The number of nitrogens with zero attached hydrogens (tertiary/aromatic N) is 2. The van der Waals surface area contributed by atoms with Crippen LogP contribution in [0.4, 0.5) is 0 Å². The molecule has 7 rings (SSSR count). The first kappa shape index (κ1) is 22.5. The average Bonchev–Trinajstić information content (AvgIpc) is 3.65. The average molecular weight is 489 g/mol. The van der Waals surface area contributed by atoms with Crippen LogP contribution in [0.2, 0.25) is 0 Å². The van der Waals surface area contributed by atoms with Gasteiger partial charge >= 0.3 is 0 Å². The molecule has 4 unspecified atom stereocenters. The van der Waals surface area contributed by atoms with E-state index in [0.29, 0.717) is 18.0 Å². The molecule has 37 heavy (non-hydrogen) atoms. The van der Waals surface area contributed by atoms with Gasteiger partial charge in [-0.2, -0.15) is 0 Å². The lowest BCUT2D eigenvalue weighted by Gasteiger charge is -2.26. The summed E-state index contributed by atoms with van der Waals surface area (Å²) in [6.45, 7) is 6.68. The highest BCUT2D eigenvalue weighted by Crippen LogP contribution is 2.30. The first-order valence-electron chi connectivity index (χ1n) is 13.5. The summed E-state index contributed by atoms with van der Waals surface area (Å²) in [7, 11) is 0. The van der Waals surface area contributed by atoms with Gasteiger partial charge in [0.1, 0.15) is 11.6 Å². The Bertz CT molecular complexity index is 1670. The number of aromatic nitrogens is 4. The quantitative estimate of drug-likeness (QED) is 0.240. The summed E-state index contributed by atoms with van der Waals surface area (Å²) in [5.41, 5.74) is 6.15. The lowest BCUT2D eigenvalue weighted by Crippen LogP contribution is -2.32. The van der Waals surface area contributed by atoms with E-state index >= 15 is 0 Å². The van der Waals surface area contributed by atoms with E-state index in [4.69, 9.17) is 9.97 Å². The van der Waals surface area contributed by atoms with Crippen LogP contribution in [0, 0.1) is 23.7 Å². The molecule has 2 aliphatic rings. The summed E-state index contributed by atoms with van der Waals surface area (Å²) in [5, 5.41) is 9.52. The zero-order valence-corrected chi connectivity index (χ0v) is 21.4. The molecule has 2 fully saturated rings. The third kappa shape index (κ3) is 4.29. The number of imidazole rings is 2. The van der Waals surface area contributed by atoms with Crippen LogP contribution in [0.5, 0.6) is 0 Å². The fourth-order valence-corrected chi connectivity index (χ4v) is 5.83. The van der Waals surface area contributed by atoms with Gasteiger partial charge < -0.3 is 20.6 Å². The van der Waals surface area contributed by atoms with Crippen LogP contribution in [0.15, 0.2) is 48.5 Å². The summed E-state index contributed by atoms with van der Waals surface area (Å²) in [4.78, 5) is 16.9. The number of rotatable bonds is 2. The van der Waals surface area contributed by atoms with E-state index in [-0.39, 0.29) is 0 Å². The topological polar surface area (TPSA) is 81.4 Å². The Morgan fingerprint density at radius 3 is 2.30 bits per heavy atom. The van der Waals surface area contributed by atoms with Crippen molar-refractivity contribution < 1.29 is 0 Å². The third-order valence-corrected chi connectivity index (χ3v) is 8.01. The maximum Gasteiger partial charge on any atom is 0.124 e. The van der Waals surface area contributed by atoms with Gasteiger partial charge in [0, 0.05) is 16.5 Å². The van der Waals surface area contributed by atoms with Gasteiger partial charge in [-0.05, 0) is 86.0 Å². The van der Waals surface area contributed by atoms with Gasteiger partial charge in [-0.15, -0.1) is 0 Å². The number of hydrogen-bond acceptors (Lipinski definition) is 4. The van der Waals surface area contributed by atoms with Crippen LogP contribution in [0.25, 0.3) is 32.8 Å². The first-order valence-corrected chi connectivity index (χ1v) is 13.5. The second kappa shape index (κ2) is 9.02. The van der Waals surface area contributed by atoms with Crippen LogP contribution >= 0.6 is 0 Å². The fourth-order valence-electron chi connectivity index (χ4n) is 5.83. The number of fused-ring (bicyclic) bond motifs is 4. The maximum atomic E-state index is 4.98. The Hall–Kier alpha value is -3.66. The molecule has 3 aromatic carbocycles. The molecule has 0 bridgehead atoms. The third-order valence-electron chi connectivity index (χ3n) is 8.01. The lowest BCUT2D eigenvalue weighted by molar-refractivity contribution is 0.325. The first-order chi connectivity index (χ1) is 18.1. The Labute approximate surface area is 216 Å². The van der Waals surface area contributed by atoms with E-state index in [1.54, 1.807) is 0 Å². The van der Waals surface area contributed by atoms with Crippen molar-refractivity contribution in [2.75, 3.05) is 13.1 Å². The van der Waals surface area contributed by atoms with Crippen molar-refractivity contribution in [3.8, 4) is 11.8 Å². The predicted molar refractivity (Wildman–Crippen MR) is 149 cm³/mol. The number of aromatic amines is 2. The van der Waals surface area contributed by atoms with Crippen molar-refractivity contribution >= 4 is 32.8 Å². The Morgan fingerprint density at radius 1 is 0.730 bits per heavy atom. The number of hydrogen-bond donors (Lipinski definition) is 4. The molecule has 0 aliphatic carbocycles. The molecule has 2 aliphatic heterocycles. The van der Waals surface area contributed by atoms with Gasteiger partial charge in [0.25, 0.3) is 0 Å². The molecule has 6 nitrogen and oxygen atoms in total. The number of piperidine rings is 1. The van der Waals surface area contributed by atoms with Crippen LogP contribution in [0.3, 0.4) is 0 Å². The molecule has 2 saturated heterocycles. The van der Waals surface area contributed by atoms with Gasteiger partial charge in [-0.1, -0.05) is 37.8 Å². The molecular formula is C31H32N6. The maximum absolute atomic E-state index is 4.98. The minimum Gasteiger partial charge on any atom is -0.341 e. The Balaban J connectivity index is 1.15. The molecule has 0 amide bonds. The number of H-pyrrole nitrogens is 2. The summed E-state index contributed by atoms with van der Waals surface area (Å²) in [5.74, 6) is 10.2. The molecule has 4 heterocycles. The van der Waals surface area contributed by atoms with Crippen molar-refractivity contribution in [1.82, 2.24) is 30.6 Å². The highest BCUT2D eigenvalue weighted by atomic mass is 15.0. The molecule has 0 saturated carbocycles. The lowest BCUT2D eigenvalue weighted by atomic mass is 9.96. The monoisotopic (exact) mass is 488 g/mol. The molecule has 0 spiro atoms. The minimum absolute atomic E-state index is 0.311. The second-order valence-corrected chi connectivity index (χ2v) is 11.1. The Morgan fingerprint density at radius 2 is 1.49 bits per heavy atom. The number of benzene rings is 3. The highest BCUT2D eigenvalue weighted by Gasteiger charge is 2.25. The number of nitrogens with one attached hydrogen (secondary N) is 4. The minimum atomic E-state index is 0.311. The summed E-state index contributed by atoms with van der Waals surface area (Å²) in [6.07, 6.45) is 3.49. The fraction of sp³-hybridized carbons (Fsp3) is 0.355. The summed E-state index contributed by atoms with van der Waals surface area (Å²) >= 11 is 0. The SMILES string of the molecule is CC1CCC(c2nc3ccc(C#Cc4ccc5c(ccc6[nH]c(C7CC(C)CN7)nc65)c4)cc3[nH]2)NC1. The molecule has 4 N–H and O–H groups in total. The molecule has 2 aromatic heterocycles. The van der Waals surface area contributed by atoms with E-state index in [1.807, 2.05) is 0 Å². The molecule has 186 valence electrons. The Kier molecular flexibility index (Phi) is 5.49. The van der Waals surface area contributed by atoms with E-state index < -0.39 is 0 Å². The van der Waals surface area contributed by atoms with Crippen molar-refractivity contribution in [2.24, 2.45) is 11.8 Å². The predicted octanol–water partition coefficient (Wildman–Crippen LogP) is 5.72. The molecule has 6 heteroatoms. The molecular weight excluding hydrogens is 456 g/mol. The smallest absolute Gasteiger partial charge is 0.124 e. The van der Waals surface area contributed by atoms with E-state index in [2.05, 4.69) is 94.8 Å². The van der Waals surface area contributed by atoms with Crippen LogP contribution in [0.1, 0.15) is 68.0 Å². The van der Waals surface area contributed by atoms with Gasteiger partial charge in [-0.25, -0.2) is 9.97 Å².